The van der Waals surface area contributed by atoms with E-state index in [1.54, 1.807) is 33.5 Å². The average Bonchev–Trinajstić information content (AvgIpc) is 2.56. The number of benzene rings is 1. The van der Waals surface area contributed by atoms with Crippen LogP contribution >= 0.6 is 0 Å². The van der Waals surface area contributed by atoms with Gasteiger partial charge >= 0.3 is 0 Å². The molecule has 2 rings (SSSR count). The van der Waals surface area contributed by atoms with Crippen LogP contribution in [0.5, 0.6) is 0 Å². The molecule has 0 spiro atoms. The van der Waals surface area contributed by atoms with E-state index < -0.39 is 10.0 Å². The van der Waals surface area contributed by atoms with Crippen LogP contribution in [0.4, 0.5) is 0 Å². The molecule has 5 nitrogen and oxygen atoms in total. The molecule has 0 N–H and O–H groups in total. The second-order valence-corrected chi connectivity index (χ2v) is 7.85. The molecular formula is C17H26N2O3S. The maximum absolute atomic E-state index is 12.8. The highest BCUT2D eigenvalue weighted by molar-refractivity contribution is 7.89. The molecule has 1 aliphatic heterocycles. The number of hydrogen-bond donors (Lipinski definition) is 0. The molecule has 23 heavy (non-hydrogen) atoms. The normalized spacial score (nSPS) is 19.5. The van der Waals surface area contributed by atoms with Crippen LogP contribution in [-0.4, -0.2) is 49.2 Å². The predicted octanol–water partition coefficient (Wildman–Crippen LogP) is 2.73. The van der Waals surface area contributed by atoms with Gasteiger partial charge in [-0.3, -0.25) is 4.79 Å². The summed E-state index contributed by atoms with van der Waals surface area (Å²) in [4.78, 5) is 14.3. The molecule has 0 radical (unpaired) electrons. The highest BCUT2D eigenvalue weighted by atomic mass is 32.2. The van der Waals surface area contributed by atoms with E-state index in [-0.39, 0.29) is 16.8 Å². The number of carbonyl (C=O) groups excluding carboxylic acids is 1. The van der Waals surface area contributed by atoms with E-state index >= 15 is 0 Å². The van der Waals surface area contributed by atoms with Gasteiger partial charge in [-0.2, -0.15) is 4.31 Å². The molecule has 1 atom stereocenters. The lowest BCUT2D eigenvalue weighted by molar-refractivity contribution is 0.0773. The Morgan fingerprint density at radius 3 is 2.30 bits per heavy atom. The molecule has 0 aliphatic carbocycles. The minimum atomic E-state index is -3.48. The van der Waals surface area contributed by atoms with Crippen molar-refractivity contribution in [2.45, 2.75) is 51.0 Å². The van der Waals surface area contributed by atoms with Crippen LogP contribution in [0.15, 0.2) is 29.2 Å². The first-order chi connectivity index (χ1) is 10.9. The van der Waals surface area contributed by atoms with Crippen molar-refractivity contribution in [3.63, 3.8) is 0 Å². The Balaban J connectivity index is 2.23. The van der Waals surface area contributed by atoms with Crippen molar-refractivity contribution in [2.75, 3.05) is 19.6 Å². The Labute approximate surface area is 139 Å². The quantitative estimate of drug-likeness (QED) is 0.829. The third-order valence-electron chi connectivity index (χ3n) is 4.50. The zero-order valence-corrected chi connectivity index (χ0v) is 15.0. The molecule has 1 unspecified atom stereocenters. The van der Waals surface area contributed by atoms with E-state index in [2.05, 4.69) is 0 Å². The third-order valence-corrected chi connectivity index (χ3v) is 6.53. The van der Waals surface area contributed by atoms with Crippen molar-refractivity contribution in [3.8, 4) is 0 Å². The average molecular weight is 338 g/mol. The summed E-state index contributed by atoms with van der Waals surface area (Å²) in [7, 11) is -3.48. The van der Waals surface area contributed by atoms with Crippen LogP contribution in [0.25, 0.3) is 0 Å². The van der Waals surface area contributed by atoms with Crippen LogP contribution in [0.1, 0.15) is 50.4 Å². The van der Waals surface area contributed by atoms with Crippen molar-refractivity contribution < 1.29 is 13.2 Å². The second kappa shape index (κ2) is 7.45. The lowest BCUT2D eigenvalue weighted by atomic mass is 10.1. The van der Waals surface area contributed by atoms with E-state index in [0.29, 0.717) is 25.2 Å². The molecule has 1 saturated heterocycles. The summed E-state index contributed by atoms with van der Waals surface area (Å²) in [5.74, 6) is -0.0645. The van der Waals surface area contributed by atoms with Gasteiger partial charge in [0.15, 0.2) is 0 Å². The first kappa shape index (κ1) is 17.9. The zero-order chi connectivity index (χ0) is 17.0. The number of piperidine rings is 1. The number of nitrogens with zero attached hydrogens (tertiary/aromatic N) is 2. The van der Waals surface area contributed by atoms with Crippen LogP contribution in [0.3, 0.4) is 0 Å². The Hall–Kier alpha value is -1.40. The highest BCUT2D eigenvalue weighted by Gasteiger charge is 2.31. The van der Waals surface area contributed by atoms with E-state index in [4.69, 9.17) is 0 Å². The minimum Gasteiger partial charge on any atom is -0.339 e. The molecule has 0 aromatic heterocycles. The molecule has 0 bridgehead atoms. The van der Waals surface area contributed by atoms with E-state index in [0.717, 1.165) is 19.3 Å². The van der Waals surface area contributed by atoms with E-state index in [1.165, 1.54) is 0 Å². The smallest absolute Gasteiger partial charge is 0.253 e. The van der Waals surface area contributed by atoms with Gasteiger partial charge < -0.3 is 4.90 Å². The Bertz CT molecular complexity index is 636. The number of amides is 1. The van der Waals surface area contributed by atoms with Gasteiger partial charge in [0, 0.05) is 31.2 Å². The lowest BCUT2D eigenvalue weighted by Gasteiger charge is -2.32. The van der Waals surface area contributed by atoms with Gasteiger partial charge in [-0.25, -0.2) is 8.42 Å². The maximum atomic E-state index is 12.8. The summed E-state index contributed by atoms with van der Waals surface area (Å²) in [6.07, 6.45) is 2.88. The monoisotopic (exact) mass is 338 g/mol. The standard InChI is InChI=1S/C17H26N2O3S/c1-4-18(5-2)17(20)15-9-11-16(12-10-15)23(21,22)19-13-7-6-8-14(19)3/h9-12,14H,4-8,13H2,1-3H3. The molecule has 1 aromatic rings. The fraction of sp³-hybridized carbons (Fsp3) is 0.588. The van der Waals surface area contributed by atoms with Gasteiger partial charge in [-0.1, -0.05) is 6.42 Å². The van der Waals surface area contributed by atoms with Gasteiger partial charge in [-0.05, 0) is 57.9 Å². The van der Waals surface area contributed by atoms with Gasteiger partial charge in [0.05, 0.1) is 4.90 Å². The van der Waals surface area contributed by atoms with Gasteiger partial charge in [-0.15, -0.1) is 0 Å². The molecule has 1 fully saturated rings. The van der Waals surface area contributed by atoms with Crippen molar-refractivity contribution >= 4 is 15.9 Å². The predicted molar refractivity (Wildman–Crippen MR) is 90.9 cm³/mol. The first-order valence-corrected chi connectivity index (χ1v) is 9.77. The topological polar surface area (TPSA) is 57.7 Å². The molecule has 0 saturated carbocycles. The summed E-state index contributed by atoms with van der Waals surface area (Å²) in [6.45, 7) is 7.66. The van der Waals surface area contributed by atoms with Crippen molar-refractivity contribution in [2.24, 2.45) is 0 Å². The van der Waals surface area contributed by atoms with Crippen molar-refractivity contribution in [1.29, 1.82) is 0 Å². The van der Waals surface area contributed by atoms with Gasteiger partial charge in [0.1, 0.15) is 0 Å². The Morgan fingerprint density at radius 2 is 1.78 bits per heavy atom. The lowest BCUT2D eigenvalue weighted by Crippen LogP contribution is -2.41. The van der Waals surface area contributed by atoms with Crippen LogP contribution in [0, 0.1) is 0 Å². The van der Waals surface area contributed by atoms with E-state index in [1.807, 2.05) is 20.8 Å². The number of sulfonamides is 1. The fourth-order valence-corrected chi connectivity index (χ4v) is 4.73. The largest absolute Gasteiger partial charge is 0.339 e. The molecule has 128 valence electrons. The molecule has 1 heterocycles. The maximum Gasteiger partial charge on any atom is 0.253 e. The number of carbonyl (C=O) groups is 1. The second-order valence-electron chi connectivity index (χ2n) is 5.96. The Morgan fingerprint density at radius 1 is 1.17 bits per heavy atom. The van der Waals surface area contributed by atoms with Crippen LogP contribution in [-0.2, 0) is 10.0 Å². The van der Waals surface area contributed by atoms with Crippen LogP contribution in [0.2, 0.25) is 0 Å². The summed E-state index contributed by atoms with van der Waals surface area (Å²) in [5.41, 5.74) is 0.527. The zero-order valence-electron chi connectivity index (χ0n) is 14.2. The molecule has 1 aromatic carbocycles. The van der Waals surface area contributed by atoms with Crippen molar-refractivity contribution in [3.05, 3.63) is 29.8 Å². The minimum absolute atomic E-state index is 0.0331. The molecular weight excluding hydrogens is 312 g/mol. The summed E-state index contributed by atoms with van der Waals surface area (Å²) >= 11 is 0. The molecule has 1 aliphatic rings. The fourth-order valence-electron chi connectivity index (χ4n) is 3.03. The highest BCUT2D eigenvalue weighted by Crippen LogP contribution is 2.25. The molecule has 6 heteroatoms. The van der Waals surface area contributed by atoms with Crippen LogP contribution < -0.4 is 0 Å². The first-order valence-electron chi connectivity index (χ1n) is 8.33. The van der Waals surface area contributed by atoms with Gasteiger partial charge in [0.2, 0.25) is 10.0 Å². The summed E-state index contributed by atoms with van der Waals surface area (Å²) < 4.78 is 27.1. The SMILES string of the molecule is CCN(CC)C(=O)c1ccc(S(=O)(=O)N2CCCCC2C)cc1. The number of rotatable bonds is 5. The molecule has 1 amide bonds. The summed E-state index contributed by atoms with van der Waals surface area (Å²) in [6, 6.07) is 6.36. The van der Waals surface area contributed by atoms with Crippen molar-refractivity contribution in [1.82, 2.24) is 9.21 Å². The third kappa shape index (κ3) is 3.75. The van der Waals surface area contributed by atoms with Gasteiger partial charge in [0.25, 0.3) is 5.91 Å². The number of hydrogen-bond acceptors (Lipinski definition) is 3. The summed E-state index contributed by atoms with van der Waals surface area (Å²) in [5, 5.41) is 0. The van der Waals surface area contributed by atoms with E-state index in [9.17, 15) is 13.2 Å². The Kier molecular flexibility index (Phi) is 5.81.